The molecule has 2 heteroatoms. The lowest BCUT2D eigenvalue weighted by molar-refractivity contribution is 1.48. The lowest BCUT2D eigenvalue weighted by Gasteiger charge is -2.18. The van der Waals surface area contributed by atoms with Gasteiger partial charge in [0.05, 0.1) is 23.3 Å². The van der Waals surface area contributed by atoms with Crippen LogP contribution in [-0.2, 0) is 0 Å². The minimum absolute atomic E-state index is 0.649. The van der Waals surface area contributed by atoms with E-state index in [4.69, 9.17) is 0 Å². The molecular weight excluding hydrogens is 605 g/mol. The zero-order chi connectivity index (χ0) is 33.3. The Morgan fingerprint density at radius 2 is 0.740 bits per heavy atom. The highest BCUT2D eigenvalue weighted by Crippen LogP contribution is 2.53. The zero-order valence-electron chi connectivity index (χ0n) is 26.9. The Bertz CT molecular complexity index is 2990. The first-order valence-electron chi connectivity index (χ1n) is 16.8. The Morgan fingerprint density at radius 1 is 0.280 bits per heavy atom. The van der Waals surface area contributed by atoms with Crippen LogP contribution in [0.3, 0.4) is 0 Å². The maximum atomic E-state index is 10.3. The van der Waals surface area contributed by atoms with E-state index < -0.39 is 0 Å². The molecule has 0 aromatic heterocycles. The van der Waals surface area contributed by atoms with Gasteiger partial charge in [0.15, 0.2) is 0 Å². The fourth-order valence-electron chi connectivity index (χ4n) is 8.29. The maximum Gasteiger partial charge on any atom is 0.0998 e. The quantitative estimate of drug-likeness (QED) is 0.182. The van der Waals surface area contributed by atoms with Crippen LogP contribution in [-0.4, -0.2) is 0 Å². The summed E-state index contributed by atoms with van der Waals surface area (Å²) in [5.41, 5.74) is 12.5. The average molecular weight is 631 g/mol. The van der Waals surface area contributed by atoms with E-state index in [9.17, 15) is 10.5 Å². The fraction of sp³-hybridized carbons (Fsp3) is 0. The van der Waals surface area contributed by atoms with Gasteiger partial charge in [-0.25, -0.2) is 0 Å². The smallest absolute Gasteiger partial charge is 0.0998 e. The van der Waals surface area contributed by atoms with Gasteiger partial charge in [-0.05, 0) is 124 Å². The van der Waals surface area contributed by atoms with Gasteiger partial charge >= 0.3 is 0 Å². The van der Waals surface area contributed by atoms with Crippen molar-refractivity contribution in [2.24, 2.45) is 0 Å². The first kappa shape index (κ1) is 28.1. The van der Waals surface area contributed by atoms with Gasteiger partial charge in [0, 0.05) is 11.1 Å². The Kier molecular flexibility index (Phi) is 6.04. The third-order valence-electron chi connectivity index (χ3n) is 10.5. The van der Waals surface area contributed by atoms with Gasteiger partial charge in [0.25, 0.3) is 0 Å². The monoisotopic (exact) mass is 630 g/mol. The lowest BCUT2D eigenvalue weighted by Crippen LogP contribution is -1.92. The van der Waals surface area contributed by atoms with Gasteiger partial charge in [-0.1, -0.05) is 121 Å². The van der Waals surface area contributed by atoms with E-state index in [-0.39, 0.29) is 0 Å². The summed E-state index contributed by atoms with van der Waals surface area (Å²) in [4.78, 5) is 0. The molecule has 0 bridgehead atoms. The Hall–Kier alpha value is -7.00. The third-order valence-corrected chi connectivity index (χ3v) is 10.5. The van der Waals surface area contributed by atoms with Crippen molar-refractivity contribution in [2.45, 2.75) is 0 Å². The summed E-state index contributed by atoms with van der Waals surface area (Å²) >= 11 is 0. The molecule has 9 aromatic carbocycles. The van der Waals surface area contributed by atoms with Gasteiger partial charge in [0.2, 0.25) is 0 Å². The Balaban J connectivity index is 1.37. The van der Waals surface area contributed by atoms with Crippen LogP contribution in [0.2, 0.25) is 0 Å². The van der Waals surface area contributed by atoms with E-state index in [1.807, 2.05) is 42.5 Å². The predicted molar refractivity (Wildman–Crippen MR) is 207 cm³/mol. The van der Waals surface area contributed by atoms with Crippen molar-refractivity contribution in [1.29, 1.82) is 10.5 Å². The number of hydrogen-bond acceptors (Lipinski definition) is 2. The molecular formula is C48H26N2. The highest BCUT2D eigenvalue weighted by Gasteiger charge is 2.26. The van der Waals surface area contributed by atoms with Gasteiger partial charge in [-0.2, -0.15) is 10.5 Å². The molecule has 1 aliphatic carbocycles. The SMILES string of the molecule is N#Cc1ccccc1-c1cc2c3cc4c(cc3c(-c3ccccc3C#N)cc2c2ccccc12)-c1cccc2c(-c3ccccc3)ccc-4c12. The molecule has 1 aliphatic rings. The summed E-state index contributed by atoms with van der Waals surface area (Å²) in [6.45, 7) is 0. The minimum Gasteiger partial charge on any atom is -0.192 e. The number of fused-ring (bicyclic) bond motifs is 8. The lowest BCUT2D eigenvalue weighted by atomic mass is 9.85. The van der Waals surface area contributed by atoms with E-state index in [1.165, 1.54) is 44.2 Å². The predicted octanol–water partition coefficient (Wildman–Crippen LogP) is 12.7. The Labute approximate surface area is 289 Å². The number of hydrogen-bond donors (Lipinski definition) is 0. The van der Waals surface area contributed by atoms with E-state index in [0.717, 1.165) is 54.6 Å². The highest BCUT2D eigenvalue weighted by molar-refractivity contribution is 6.27. The molecule has 50 heavy (non-hydrogen) atoms. The normalized spacial score (nSPS) is 11.6. The summed E-state index contributed by atoms with van der Waals surface area (Å²) in [7, 11) is 0. The molecule has 0 N–H and O–H groups in total. The van der Waals surface area contributed by atoms with Crippen molar-refractivity contribution in [3.63, 3.8) is 0 Å². The van der Waals surface area contributed by atoms with Gasteiger partial charge in [-0.15, -0.1) is 0 Å². The molecule has 0 fully saturated rings. The van der Waals surface area contributed by atoms with Crippen LogP contribution in [0.5, 0.6) is 0 Å². The fourth-order valence-corrected chi connectivity index (χ4v) is 8.29. The summed E-state index contributed by atoms with van der Waals surface area (Å²) in [5.74, 6) is 0. The van der Waals surface area contributed by atoms with Crippen LogP contribution in [0.1, 0.15) is 11.1 Å². The second kappa shape index (κ2) is 10.8. The molecule has 0 aliphatic heterocycles. The molecule has 0 heterocycles. The maximum absolute atomic E-state index is 10.3. The Morgan fingerprint density at radius 3 is 1.44 bits per heavy atom. The standard InChI is InChI=1S/C48H26N2/c49-27-30-13-4-6-15-32(30)40-23-46-42(36-18-9-8-17-35(36)40)24-41(33-16-7-5-14-31(33)28-50)45-25-43-38-20-10-19-37-34(29-11-2-1-3-12-29)21-22-39(48(37)38)44(43)26-47(45)46/h1-26H. The second-order valence-corrected chi connectivity index (χ2v) is 13.0. The first-order chi connectivity index (χ1) is 24.7. The van der Waals surface area contributed by atoms with E-state index in [1.54, 1.807) is 0 Å². The molecule has 2 nitrogen and oxygen atoms in total. The van der Waals surface area contributed by atoms with E-state index >= 15 is 0 Å². The van der Waals surface area contributed by atoms with Crippen molar-refractivity contribution in [1.82, 2.24) is 0 Å². The highest BCUT2D eigenvalue weighted by atomic mass is 14.3. The largest absolute Gasteiger partial charge is 0.192 e. The van der Waals surface area contributed by atoms with Crippen LogP contribution in [0.15, 0.2) is 158 Å². The molecule has 0 spiro atoms. The number of rotatable bonds is 3. The van der Waals surface area contributed by atoms with Gasteiger partial charge < -0.3 is 0 Å². The van der Waals surface area contributed by atoms with Crippen molar-refractivity contribution < 1.29 is 0 Å². The zero-order valence-corrected chi connectivity index (χ0v) is 26.9. The van der Waals surface area contributed by atoms with Crippen LogP contribution >= 0.6 is 0 Å². The number of nitriles is 2. The average Bonchev–Trinajstić information content (AvgIpc) is 3.50. The molecule has 0 unspecified atom stereocenters. The molecule has 0 saturated carbocycles. The summed E-state index contributed by atoms with van der Waals surface area (Å²) in [6.07, 6.45) is 0. The van der Waals surface area contributed by atoms with E-state index in [2.05, 4.69) is 127 Å². The van der Waals surface area contributed by atoms with Crippen molar-refractivity contribution in [3.8, 4) is 67.8 Å². The van der Waals surface area contributed by atoms with E-state index in [0.29, 0.717) is 11.1 Å². The topological polar surface area (TPSA) is 47.6 Å². The summed E-state index contributed by atoms with van der Waals surface area (Å²) in [6, 6.07) is 60.2. The summed E-state index contributed by atoms with van der Waals surface area (Å²) < 4.78 is 0. The van der Waals surface area contributed by atoms with Gasteiger partial charge in [-0.3, -0.25) is 0 Å². The molecule has 10 rings (SSSR count). The molecule has 9 aromatic rings. The number of nitrogens with zero attached hydrogens (tertiary/aromatic N) is 2. The molecule has 0 radical (unpaired) electrons. The van der Waals surface area contributed by atoms with Crippen LogP contribution in [0.25, 0.3) is 98.7 Å². The molecule has 0 atom stereocenters. The van der Waals surface area contributed by atoms with Crippen LogP contribution < -0.4 is 0 Å². The van der Waals surface area contributed by atoms with Crippen molar-refractivity contribution in [2.75, 3.05) is 0 Å². The first-order valence-corrected chi connectivity index (χ1v) is 16.8. The minimum atomic E-state index is 0.649. The van der Waals surface area contributed by atoms with Crippen LogP contribution in [0, 0.1) is 22.7 Å². The molecule has 0 saturated heterocycles. The van der Waals surface area contributed by atoms with Crippen molar-refractivity contribution in [3.05, 3.63) is 169 Å². The third kappa shape index (κ3) is 3.94. The second-order valence-electron chi connectivity index (χ2n) is 13.0. The van der Waals surface area contributed by atoms with Crippen molar-refractivity contribution >= 4 is 43.1 Å². The molecule has 228 valence electrons. The molecule has 0 amide bonds. The van der Waals surface area contributed by atoms with Crippen LogP contribution in [0.4, 0.5) is 0 Å². The summed E-state index contributed by atoms with van der Waals surface area (Å²) in [5, 5.41) is 29.6. The number of benzene rings is 9. The van der Waals surface area contributed by atoms with Gasteiger partial charge in [0.1, 0.15) is 0 Å².